The Labute approximate surface area is 112 Å². The molecule has 19 heavy (non-hydrogen) atoms. The third kappa shape index (κ3) is 4.02. The molecule has 0 aromatic carbocycles. The fraction of sp³-hybridized carbons (Fsp3) is 0.615. The first-order valence-electron chi connectivity index (χ1n) is 6.47. The maximum atomic E-state index is 12.8. The molecule has 1 aromatic rings. The molecule has 0 spiro atoms. The maximum Gasteiger partial charge on any atom is 0.319 e. The highest BCUT2D eigenvalue weighted by Gasteiger charge is 2.18. The first-order chi connectivity index (χ1) is 9.01. The number of aryl methyl sites for hydroxylation is 1. The summed E-state index contributed by atoms with van der Waals surface area (Å²) in [5.74, 6) is -0.458. The summed E-state index contributed by atoms with van der Waals surface area (Å²) in [7, 11) is 0. The quantitative estimate of drug-likeness (QED) is 0.827. The van der Waals surface area contributed by atoms with E-state index in [0.717, 1.165) is 17.7 Å². The van der Waals surface area contributed by atoms with Crippen LogP contribution in [0.1, 0.15) is 36.6 Å². The number of carbonyl (C=O) groups excluding carboxylic acids is 1. The number of likely N-dealkylation sites (N-methyl/N-ethyl adjacent to an activating group) is 1. The van der Waals surface area contributed by atoms with Crippen molar-refractivity contribution in [2.45, 2.75) is 27.3 Å². The summed E-state index contributed by atoms with van der Waals surface area (Å²) in [5, 5.41) is 2.67. The minimum absolute atomic E-state index is 0.00652. The van der Waals surface area contributed by atoms with Crippen LogP contribution in [-0.4, -0.2) is 41.6 Å². The smallest absolute Gasteiger partial charge is 0.319 e. The average molecular weight is 273 g/mol. The van der Waals surface area contributed by atoms with Crippen LogP contribution in [0.2, 0.25) is 0 Å². The molecule has 1 N–H and O–H groups in total. The van der Waals surface area contributed by atoms with Gasteiger partial charge in [-0.3, -0.25) is 9.36 Å². The lowest BCUT2D eigenvalue weighted by molar-refractivity contribution is 0.0617. The molecule has 0 radical (unpaired) electrons. The van der Waals surface area contributed by atoms with Gasteiger partial charge in [0, 0.05) is 18.8 Å². The van der Waals surface area contributed by atoms with Gasteiger partial charge in [0.05, 0.1) is 0 Å². The summed E-state index contributed by atoms with van der Waals surface area (Å²) in [6.45, 7) is 5.91. The monoisotopic (exact) mass is 273 g/mol. The number of amides is 1. The number of carbonyl (C=O) groups is 1. The van der Waals surface area contributed by atoms with Gasteiger partial charge in [-0.1, -0.05) is 13.8 Å². The molecule has 0 aliphatic rings. The molecule has 6 heteroatoms. The Bertz CT molecular complexity index is 414. The molecule has 0 fully saturated rings. The van der Waals surface area contributed by atoms with Gasteiger partial charge in [-0.15, -0.1) is 0 Å². The lowest BCUT2D eigenvalue weighted by Crippen LogP contribution is -2.35. The van der Waals surface area contributed by atoms with Gasteiger partial charge in [0.15, 0.2) is 0 Å². The number of alkyl halides is 2. The number of halogens is 2. The third-order valence-electron chi connectivity index (χ3n) is 3.16. The van der Waals surface area contributed by atoms with Gasteiger partial charge in [-0.05, 0) is 32.1 Å². The van der Waals surface area contributed by atoms with E-state index >= 15 is 0 Å². The first kappa shape index (κ1) is 15.6. The van der Waals surface area contributed by atoms with Crippen LogP contribution >= 0.6 is 0 Å². The van der Waals surface area contributed by atoms with Crippen molar-refractivity contribution in [1.29, 1.82) is 0 Å². The number of rotatable bonds is 7. The number of hydrogen-bond acceptors (Lipinski definition) is 2. The molecule has 0 saturated carbocycles. The molecule has 4 nitrogen and oxygen atoms in total. The second kappa shape index (κ2) is 7.23. The van der Waals surface area contributed by atoms with Crippen LogP contribution in [0.25, 0.3) is 0 Å². The largest absolute Gasteiger partial charge is 0.349 e. The zero-order valence-corrected chi connectivity index (χ0v) is 11.6. The van der Waals surface area contributed by atoms with Crippen LogP contribution in [0.4, 0.5) is 8.78 Å². The predicted octanol–water partition coefficient (Wildman–Crippen LogP) is 2.26. The van der Waals surface area contributed by atoms with Crippen LogP contribution in [0.5, 0.6) is 0 Å². The molecule has 108 valence electrons. The molecule has 1 rings (SSSR count). The molecule has 0 aliphatic carbocycles. The van der Waals surface area contributed by atoms with Crippen molar-refractivity contribution in [2.75, 3.05) is 26.2 Å². The van der Waals surface area contributed by atoms with Crippen LogP contribution in [-0.2, 0) is 0 Å². The molecule has 1 amide bonds. The zero-order chi connectivity index (χ0) is 14.4. The fourth-order valence-electron chi connectivity index (χ4n) is 1.95. The molecule has 1 aromatic heterocycles. The maximum absolute atomic E-state index is 12.8. The third-order valence-corrected chi connectivity index (χ3v) is 3.16. The van der Waals surface area contributed by atoms with Gasteiger partial charge < -0.3 is 10.2 Å². The topological polar surface area (TPSA) is 37.3 Å². The summed E-state index contributed by atoms with van der Waals surface area (Å²) < 4.78 is 26.4. The number of aromatic nitrogens is 1. The van der Waals surface area contributed by atoms with Gasteiger partial charge in [-0.2, -0.15) is 8.78 Å². The van der Waals surface area contributed by atoms with Crippen molar-refractivity contribution in [3.8, 4) is 0 Å². The van der Waals surface area contributed by atoms with Gasteiger partial charge >= 0.3 is 6.55 Å². The van der Waals surface area contributed by atoms with Crippen molar-refractivity contribution in [3.05, 3.63) is 23.5 Å². The van der Waals surface area contributed by atoms with Gasteiger partial charge in [0.1, 0.15) is 5.69 Å². The van der Waals surface area contributed by atoms with E-state index in [1.54, 1.807) is 6.92 Å². The van der Waals surface area contributed by atoms with Crippen molar-refractivity contribution in [2.24, 2.45) is 0 Å². The Balaban J connectivity index is 2.59. The highest BCUT2D eigenvalue weighted by Crippen LogP contribution is 2.18. The van der Waals surface area contributed by atoms with E-state index in [1.807, 2.05) is 13.8 Å². The molecule has 0 bridgehead atoms. The van der Waals surface area contributed by atoms with Crippen LogP contribution in [0.15, 0.2) is 12.1 Å². The second-order valence-corrected chi connectivity index (χ2v) is 4.29. The Hall–Kier alpha value is -1.43. The lowest BCUT2D eigenvalue weighted by atomic mass is 10.4. The Morgan fingerprint density at radius 1 is 1.37 bits per heavy atom. The number of nitrogens with one attached hydrogen (secondary N) is 1. The van der Waals surface area contributed by atoms with E-state index in [4.69, 9.17) is 0 Å². The summed E-state index contributed by atoms with van der Waals surface area (Å²) >= 11 is 0. The van der Waals surface area contributed by atoms with Crippen molar-refractivity contribution in [1.82, 2.24) is 14.8 Å². The first-order valence-corrected chi connectivity index (χ1v) is 6.47. The second-order valence-electron chi connectivity index (χ2n) is 4.29. The Morgan fingerprint density at radius 3 is 2.53 bits per heavy atom. The Morgan fingerprint density at radius 2 is 2.00 bits per heavy atom. The summed E-state index contributed by atoms with van der Waals surface area (Å²) in [5.41, 5.74) is 0.385. The van der Waals surface area contributed by atoms with E-state index in [-0.39, 0.29) is 5.69 Å². The molecule has 0 saturated heterocycles. The molecular weight excluding hydrogens is 252 g/mol. The highest BCUT2D eigenvalue weighted by molar-refractivity contribution is 5.92. The average Bonchev–Trinajstić information content (AvgIpc) is 2.76. The predicted molar refractivity (Wildman–Crippen MR) is 70.5 cm³/mol. The minimum Gasteiger partial charge on any atom is -0.349 e. The van der Waals surface area contributed by atoms with Gasteiger partial charge in [-0.25, -0.2) is 0 Å². The van der Waals surface area contributed by atoms with E-state index in [1.165, 1.54) is 12.1 Å². The molecule has 1 heterocycles. The van der Waals surface area contributed by atoms with E-state index in [0.29, 0.717) is 18.8 Å². The van der Waals surface area contributed by atoms with Crippen molar-refractivity contribution < 1.29 is 13.6 Å². The van der Waals surface area contributed by atoms with Crippen LogP contribution < -0.4 is 5.32 Å². The lowest BCUT2D eigenvalue weighted by Gasteiger charge is -2.18. The molecule has 0 atom stereocenters. The number of nitrogens with zero attached hydrogens (tertiary/aromatic N) is 2. The van der Waals surface area contributed by atoms with Crippen molar-refractivity contribution in [3.63, 3.8) is 0 Å². The molecule has 0 unspecified atom stereocenters. The van der Waals surface area contributed by atoms with Crippen molar-refractivity contribution >= 4 is 5.91 Å². The SMILES string of the molecule is CCN(CC)CCNC(=O)c1ccc(C)n1C(F)F. The highest BCUT2D eigenvalue weighted by atomic mass is 19.3. The molecule has 0 aliphatic heterocycles. The standard InChI is InChI=1S/C13H21F2N3O/c1-4-17(5-2)9-8-16-12(19)11-7-6-10(3)18(11)13(14)15/h6-7,13H,4-5,8-9H2,1-3H3,(H,16,19). The molecular formula is C13H21F2N3O. The van der Waals surface area contributed by atoms with Gasteiger partial charge in [0.2, 0.25) is 0 Å². The normalized spacial score (nSPS) is 11.3. The van der Waals surface area contributed by atoms with Crippen LogP contribution in [0.3, 0.4) is 0 Å². The summed E-state index contributed by atoms with van der Waals surface area (Å²) in [6.07, 6.45) is 0. The van der Waals surface area contributed by atoms with E-state index in [9.17, 15) is 13.6 Å². The number of hydrogen-bond donors (Lipinski definition) is 1. The van der Waals surface area contributed by atoms with E-state index in [2.05, 4.69) is 10.2 Å². The Kier molecular flexibility index (Phi) is 5.95. The van der Waals surface area contributed by atoms with Crippen LogP contribution in [0, 0.1) is 6.92 Å². The summed E-state index contributed by atoms with van der Waals surface area (Å²) in [4.78, 5) is 14.0. The zero-order valence-electron chi connectivity index (χ0n) is 11.6. The fourth-order valence-corrected chi connectivity index (χ4v) is 1.95. The van der Waals surface area contributed by atoms with E-state index < -0.39 is 12.5 Å². The minimum atomic E-state index is -2.70. The van der Waals surface area contributed by atoms with Gasteiger partial charge in [0.25, 0.3) is 5.91 Å². The summed E-state index contributed by atoms with van der Waals surface area (Å²) in [6, 6.07) is 2.94.